The number of hydrogen-bond acceptors (Lipinski definition) is 4. The van der Waals surface area contributed by atoms with Crippen LogP contribution in [0.15, 0.2) is 60.7 Å². The molecule has 3 aliphatic rings. The summed E-state index contributed by atoms with van der Waals surface area (Å²) in [4.78, 5) is 48.0. The average Bonchev–Trinajstić information content (AvgIpc) is 4.00. The number of carbonyl (C=O) groups is 2. The van der Waals surface area contributed by atoms with Crippen molar-refractivity contribution in [1.29, 1.82) is 0 Å². The Balaban J connectivity index is 1.57. The van der Waals surface area contributed by atoms with Gasteiger partial charge in [0.05, 0.1) is 22.8 Å². The molecule has 0 aliphatic carbocycles. The van der Waals surface area contributed by atoms with Crippen molar-refractivity contribution >= 4 is 46.9 Å². The third-order valence-corrected chi connectivity index (χ3v) is 12.6. The fraction of sp³-hybridized carbons (Fsp3) is 0.214. The number of aromatic amines is 2. The number of H-pyrrole nitrogens is 2. The molecule has 6 heteroatoms. The monoisotopic (exact) mass is 812 g/mol. The first kappa shape index (κ1) is 40.5. The highest BCUT2D eigenvalue weighted by atomic mass is 16.2. The van der Waals surface area contributed by atoms with Gasteiger partial charge in [-0.15, -0.1) is 0 Å². The molecule has 0 radical (unpaired) electrons. The molecule has 0 unspecified atom stereocenters. The Morgan fingerprint density at radius 3 is 0.839 bits per heavy atom. The highest BCUT2D eigenvalue weighted by molar-refractivity contribution is 6.52. The molecule has 0 fully saturated rings. The SMILES string of the molecule is Cc1cc(C)c(-c2c3nc(c(-c4c(C)cc(C)cc4C)c4ccc([nH]4)c(-c4c(C)cc(C)cc4C)c4nc(c(-c5c(C)cc(C)cc5C)c5[nH]c2C(=O)C5=O)C=C4)C=C3)c(C)c1. The fourth-order valence-electron chi connectivity index (χ4n) is 10.6. The molecule has 2 N–H and O–H groups in total. The summed E-state index contributed by atoms with van der Waals surface area (Å²) in [5, 5.41) is 0. The van der Waals surface area contributed by atoms with Crippen LogP contribution in [0.3, 0.4) is 0 Å². The van der Waals surface area contributed by atoms with Crippen LogP contribution in [0.4, 0.5) is 0 Å². The van der Waals surface area contributed by atoms with Gasteiger partial charge in [-0.1, -0.05) is 70.8 Å². The molecular formula is C56H52N4O2. The van der Waals surface area contributed by atoms with Crippen LogP contribution in [0.1, 0.15) is 111 Å². The number of nitrogens with one attached hydrogen (secondary N) is 2. The molecule has 5 heterocycles. The number of fused-ring (bicyclic) bond motifs is 8. The lowest BCUT2D eigenvalue weighted by molar-refractivity contribution is 0.0826. The zero-order valence-electron chi connectivity index (χ0n) is 37.8. The molecule has 2 aromatic heterocycles. The van der Waals surface area contributed by atoms with Crippen LogP contribution in [0, 0.1) is 83.1 Å². The molecule has 308 valence electrons. The molecule has 0 saturated heterocycles. The van der Waals surface area contributed by atoms with E-state index in [0.717, 1.165) is 111 Å². The summed E-state index contributed by atoms with van der Waals surface area (Å²) < 4.78 is 0. The second kappa shape index (κ2) is 14.9. The molecule has 6 aromatic rings. The summed E-state index contributed by atoms with van der Waals surface area (Å²) in [6, 6.07) is 21.7. The summed E-state index contributed by atoms with van der Waals surface area (Å²) in [6.07, 6.45) is 8.09. The number of nitrogens with zero attached hydrogens (tertiary/aromatic N) is 2. The van der Waals surface area contributed by atoms with E-state index in [2.05, 4.69) is 154 Å². The molecule has 0 amide bonds. The van der Waals surface area contributed by atoms with Crippen molar-refractivity contribution in [2.75, 3.05) is 0 Å². The molecule has 6 nitrogen and oxygen atoms in total. The Hall–Kier alpha value is -6.92. The predicted molar refractivity (Wildman–Crippen MR) is 257 cm³/mol. The number of aryl methyl sites for hydroxylation is 12. The first-order valence-electron chi connectivity index (χ1n) is 21.4. The third kappa shape index (κ3) is 6.57. The van der Waals surface area contributed by atoms with E-state index in [1.807, 2.05) is 24.3 Å². The number of hydrogen-bond donors (Lipinski definition) is 2. The van der Waals surface area contributed by atoms with Crippen LogP contribution >= 0.6 is 0 Å². The zero-order valence-corrected chi connectivity index (χ0v) is 37.8. The third-order valence-electron chi connectivity index (χ3n) is 12.6. The first-order valence-corrected chi connectivity index (χ1v) is 21.4. The summed E-state index contributed by atoms with van der Waals surface area (Å²) in [5.41, 5.74) is 25.1. The van der Waals surface area contributed by atoms with Gasteiger partial charge < -0.3 is 9.97 Å². The van der Waals surface area contributed by atoms with Crippen LogP contribution in [0.25, 0.3) is 79.8 Å². The number of ketones is 2. The van der Waals surface area contributed by atoms with Crippen LogP contribution in [-0.2, 0) is 0 Å². The van der Waals surface area contributed by atoms with E-state index in [4.69, 9.17) is 9.97 Å². The van der Waals surface area contributed by atoms with Gasteiger partial charge in [0.25, 0.3) is 11.6 Å². The van der Waals surface area contributed by atoms with Crippen molar-refractivity contribution < 1.29 is 9.59 Å². The van der Waals surface area contributed by atoms with Crippen LogP contribution < -0.4 is 0 Å². The molecule has 0 atom stereocenters. The van der Waals surface area contributed by atoms with Crippen LogP contribution in [0.2, 0.25) is 0 Å². The second-order valence-corrected chi connectivity index (χ2v) is 17.8. The summed E-state index contributed by atoms with van der Waals surface area (Å²) >= 11 is 0. The van der Waals surface area contributed by atoms with E-state index in [1.54, 1.807) is 0 Å². The number of benzene rings is 4. The van der Waals surface area contributed by atoms with E-state index in [-0.39, 0.29) is 11.4 Å². The maximum absolute atomic E-state index is 14.9. The Morgan fingerprint density at radius 1 is 0.323 bits per heavy atom. The Kier molecular flexibility index (Phi) is 9.74. The normalized spacial score (nSPS) is 12.8. The molecular weight excluding hydrogens is 761 g/mol. The van der Waals surface area contributed by atoms with Gasteiger partial charge in [0.1, 0.15) is 11.4 Å². The van der Waals surface area contributed by atoms with Gasteiger partial charge in [0.15, 0.2) is 0 Å². The standard InChI is InChI=1S/C56H52N4O2/c1-27-19-31(5)45(32(6)20-27)49-39-13-14-40(57-39)50(46-33(7)21-28(2)22-34(46)8)42-16-18-44(59-42)52(48-37(11)25-30(4)26-38(48)12)54-56(62)55(61)53(60-54)51(43-17-15-41(49)58-43)47-35(9)23-29(3)24-36(47)10/h13-26,57,60H,1-12H3. The smallest absolute Gasteiger partial charge is 0.251 e. The summed E-state index contributed by atoms with van der Waals surface area (Å²) in [5.74, 6) is -1.20. The van der Waals surface area contributed by atoms with E-state index in [9.17, 15) is 9.59 Å². The quantitative estimate of drug-likeness (QED) is 0.173. The lowest BCUT2D eigenvalue weighted by Gasteiger charge is -2.15. The zero-order chi connectivity index (χ0) is 44.0. The van der Waals surface area contributed by atoms with Gasteiger partial charge in [-0.25, -0.2) is 9.97 Å². The van der Waals surface area contributed by atoms with Crippen molar-refractivity contribution in [3.8, 4) is 44.5 Å². The Labute approximate surface area is 364 Å². The van der Waals surface area contributed by atoms with Crippen LogP contribution in [0.5, 0.6) is 0 Å². The molecule has 0 saturated carbocycles. The maximum Gasteiger partial charge on any atom is 0.251 e. The minimum atomic E-state index is -0.601. The van der Waals surface area contributed by atoms with E-state index in [0.29, 0.717) is 22.5 Å². The highest BCUT2D eigenvalue weighted by Gasteiger charge is 2.35. The number of aromatic nitrogens is 4. The van der Waals surface area contributed by atoms with Crippen molar-refractivity contribution in [1.82, 2.24) is 19.9 Å². The van der Waals surface area contributed by atoms with E-state index < -0.39 is 11.6 Å². The fourth-order valence-corrected chi connectivity index (χ4v) is 10.6. The van der Waals surface area contributed by atoms with Gasteiger partial charge >= 0.3 is 0 Å². The lowest BCUT2D eigenvalue weighted by Crippen LogP contribution is -2.10. The van der Waals surface area contributed by atoms with Gasteiger partial charge in [-0.05, 0) is 186 Å². The number of Topliss-reactive ketones (excluding diaryl/α,β-unsaturated/α-hetero) is 2. The highest BCUT2D eigenvalue weighted by Crippen LogP contribution is 2.43. The van der Waals surface area contributed by atoms with Gasteiger partial charge in [-0.2, -0.15) is 0 Å². The van der Waals surface area contributed by atoms with Gasteiger partial charge in [0.2, 0.25) is 0 Å². The van der Waals surface area contributed by atoms with E-state index >= 15 is 0 Å². The molecule has 3 aliphatic heterocycles. The van der Waals surface area contributed by atoms with Gasteiger partial charge in [-0.3, -0.25) is 9.59 Å². The van der Waals surface area contributed by atoms with Crippen LogP contribution in [-0.4, -0.2) is 31.5 Å². The molecule has 4 aromatic carbocycles. The lowest BCUT2D eigenvalue weighted by atomic mass is 9.90. The van der Waals surface area contributed by atoms with Crippen molar-refractivity contribution in [3.63, 3.8) is 0 Å². The van der Waals surface area contributed by atoms with Crippen molar-refractivity contribution in [3.05, 3.63) is 162 Å². The van der Waals surface area contributed by atoms with Crippen molar-refractivity contribution in [2.24, 2.45) is 0 Å². The van der Waals surface area contributed by atoms with E-state index in [1.165, 1.54) is 11.1 Å². The Morgan fingerprint density at radius 2 is 0.565 bits per heavy atom. The first-order chi connectivity index (χ1) is 29.5. The van der Waals surface area contributed by atoms with Gasteiger partial charge in [0, 0.05) is 33.3 Å². The Bertz CT molecular complexity index is 2980. The largest absolute Gasteiger partial charge is 0.354 e. The maximum atomic E-state index is 14.9. The summed E-state index contributed by atoms with van der Waals surface area (Å²) in [7, 11) is 0. The average molecular weight is 813 g/mol. The molecule has 8 bridgehead atoms. The molecule has 9 rings (SSSR count). The minimum absolute atomic E-state index is 0.216. The molecule has 62 heavy (non-hydrogen) atoms. The minimum Gasteiger partial charge on any atom is -0.354 e. The molecule has 0 spiro atoms. The number of rotatable bonds is 4. The topological polar surface area (TPSA) is 91.5 Å². The van der Waals surface area contributed by atoms with Crippen molar-refractivity contribution in [2.45, 2.75) is 83.1 Å². The second-order valence-electron chi connectivity index (χ2n) is 17.8. The number of carbonyl (C=O) groups excluding carboxylic acids is 2. The summed E-state index contributed by atoms with van der Waals surface area (Å²) in [6.45, 7) is 25.3. The predicted octanol–water partition coefficient (Wildman–Crippen LogP) is 13.8.